The highest BCUT2D eigenvalue weighted by molar-refractivity contribution is 9.10. The van der Waals surface area contributed by atoms with Gasteiger partial charge in [0, 0.05) is 11.1 Å². The van der Waals surface area contributed by atoms with Crippen molar-refractivity contribution in [1.82, 2.24) is 0 Å². The summed E-state index contributed by atoms with van der Waals surface area (Å²) in [5, 5.41) is 9.15. The summed E-state index contributed by atoms with van der Waals surface area (Å²) in [5.41, 5.74) is 6.88. The first-order chi connectivity index (χ1) is 7.19. The second-order valence-electron chi connectivity index (χ2n) is 3.95. The van der Waals surface area contributed by atoms with Crippen LogP contribution >= 0.6 is 15.9 Å². The van der Waals surface area contributed by atoms with E-state index in [1.807, 2.05) is 18.2 Å². The number of aliphatic hydroxyl groups is 1. The second-order valence-corrected chi connectivity index (χ2v) is 4.81. The fourth-order valence-corrected chi connectivity index (χ4v) is 2.11. The van der Waals surface area contributed by atoms with Crippen LogP contribution in [0.5, 0.6) is 0 Å². The summed E-state index contributed by atoms with van der Waals surface area (Å²) in [6, 6.07) is 8.18. The molecule has 1 rings (SSSR count). The highest BCUT2D eigenvalue weighted by Gasteiger charge is 2.15. The highest BCUT2D eigenvalue weighted by Crippen LogP contribution is 2.22. The minimum atomic E-state index is 0.169. The molecule has 2 unspecified atom stereocenters. The average Bonchev–Trinajstić information content (AvgIpc) is 2.23. The van der Waals surface area contributed by atoms with E-state index in [9.17, 15) is 0 Å². The monoisotopic (exact) mass is 271 g/mol. The lowest BCUT2D eigenvalue weighted by Gasteiger charge is -2.20. The van der Waals surface area contributed by atoms with E-state index in [1.165, 1.54) is 5.56 Å². The van der Waals surface area contributed by atoms with E-state index in [1.54, 1.807) is 0 Å². The second kappa shape index (κ2) is 6.26. The predicted octanol–water partition coefficient (Wildman–Crippen LogP) is 2.19. The molecule has 0 fully saturated rings. The average molecular weight is 272 g/mol. The van der Waals surface area contributed by atoms with E-state index in [4.69, 9.17) is 10.8 Å². The molecule has 2 nitrogen and oxygen atoms in total. The van der Waals surface area contributed by atoms with Crippen molar-refractivity contribution in [3.8, 4) is 0 Å². The van der Waals surface area contributed by atoms with Gasteiger partial charge in [0.2, 0.25) is 0 Å². The molecule has 0 heterocycles. The Kier molecular flexibility index (Phi) is 5.29. The Morgan fingerprint density at radius 3 is 2.60 bits per heavy atom. The number of halogens is 1. The van der Waals surface area contributed by atoms with Crippen LogP contribution in [0.15, 0.2) is 28.7 Å². The van der Waals surface area contributed by atoms with E-state index in [-0.39, 0.29) is 12.5 Å². The molecule has 0 aliphatic carbocycles. The van der Waals surface area contributed by atoms with E-state index in [2.05, 4.69) is 28.9 Å². The van der Waals surface area contributed by atoms with Crippen molar-refractivity contribution in [3.63, 3.8) is 0 Å². The van der Waals surface area contributed by atoms with Gasteiger partial charge in [0.05, 0.1) is 0 Å². The van der Waals surface area contributed by atoms with E-state index >= 15 is 0 Å². The number of aliphatic hydroxyl groups excluding tert-OH is 1. The first-order valence-corrected chi connectivity index (χ1v) is 6.02. The molecular formula is C12H18BrNO. The van der Waals surface area contributed by atoms with E-state index in [0.717, 1.165) is 10.9 Å². The molecule has 0 radical (unpaired) electrons. The van der Waals surface area contributed by atoms with Crippen LogP contribution in [0.4, 0.5) is 0 Å². The van der Waals surface area contributed by atoms with Crippen molar-refractivity contribution in [2.75, 3.05) is 13.2 Å². The molecule has 0 aromatic heterocycles. The number of benzene rings is 1. The molecule has 0 saturated heterocycles. The Morgan fingerprint density at radius 2 is 2.07 bits per heavy atom. The van der Waals surface area contributed by atoms with Crippen LogP contribution in [0.1, 0.15) is 12.5 Å². The van der Waals surface area contributed by atoms with Gasteiger partial charge < -0.3 is 10.8 Å². The maximum Gasteiger partial charge on any atom is 0.0474 e. The molecular weight excluding hydrogens is 254 g/mol. The van der Waals surface area contributed by atoms with Gasteiger partial charge in [0.1, 0.15) is 0 Å². The van der Waals surface area contributed by atoms with Crippen molar-refractivity contribution >= 4 is 15.9 Å². The van der Waals surface area contributed by atoms with Crippen LogP contribution < -0.4 is 5.73 Å². The van der Waals surface area contributed by atoms with Crippen LogP contribution in [0.25, 0.3) is 0 Å². The fourth-order valence-electron chi connectivity index (χ4n) is 1.66. The van der Waals surface area contributed by atoms with Crippen LogP contribution in [0, 0.1) is 11.8 Å². The van der Waals surface area contributed by atoms with Gasteiger partial charge in [-0.3, -0.25) is 0 Å². The molecule has 15 heavy (non-hydrogen) atoms. The molecule has 84 valence electrons. The molecule has 1 aromatic rings. The quantitative estimate of drug-likeness (QED) is 0.863. The van der Waals surface area contributed by atoms with Gasteiger partial charge in [0.15, 0.2) is 0 Å². The zero-order chi connectivity index (χ0) is 11.3. The molecule has 0 amide bonds. The van der Waals surface area contributed by atoms with Crippen molar-refractivity contribution in [2.24, 2.45) is 17.6 Å². The number of rotatable bonds is 5. The van der Waals surface area contributed by atoms with Gasteiger partial charge >= 0.3 is 0 Å². The summed E-state index contributed by atoms with van der Waals surface area (Å²) in [7, 11) is 0. The van der Waals surface area contributed by atoms with Gasteiger partial charge in [-0.05, 0) is 36.4 Å². The zero-order valence-corrected chi connectivity index (χ0v) is 10.6. The Balaban J connectivity index is 2.65. The SMILES string of the molecule is CC(Cc1ccccc1Br)C(CN)CO. The van der Waals surface area contributed by atoms with E-state index in [0.29, 0.717) is 12.5 Å². The highest BCUT2D eigenvalue weighted by atomic mass is 79.9. The van der Waals surface area contributed by atoms with Crippen molar-refractivity contribution in [1.29, 1.82) is 0 Å². The van der Waals surface area contributed by atoms with Gasteiger partial charge in [-0.25, -0.2) is 0 Å². The molecule has 0 saturated carbocycles. The van der Waals surface area contributed by atoms with Crippen molar-refractivity contribution in [3.05, 3.63) is 34.3 Å². The minimum Gasteiger partial charge on any atom is -0.396 e. The first-order valence-electron chi connectivity index (χ1n) is 5.23. The Hall–Kier alpha value is -0.380. The third-order valence-corrected chi connectivity index (χ3v) is 3.62. The summed E-state index contributed by atoms with van der Waals surface area (Å²) in [5.74, 6) is 0.593. The normalized spacial score (nSPS) is 14.9. The third kappa shape index (κ3) is 3.59. The van der Waals surface area contributed by atoms with Gasteiger partial charge in [-0.2, -0.15) is 0 Å². The lowest BCUT2D eigenvalue weighted by atomic mass is 9.89. The smallest absolute Gasteiger partial charge is 0.0474 e. The fraction of sp³-hybridized carbons (Fsp3) is 0.500. The molecule has 3 heteroatoms. The third-order valence-electron chi connectivity index (χ3n) is 2.84. The zero-order valence-electron chi connectivity index (χ0n) is 8.99. The van der Waals surface area contributed by atoms with Crippen molar-refractivity contribution < 1.29 is 5.11 Å². The topological polar surface area (TPSA) is 46.2 Å². The standard InChI is InChI=1S/C12H18BrNO/c1-9(11(7-14)8-15)6-10-4-2-3-5-12(10)13/h2-5,9,11,15H,6-8,14H2,1H3. The maximum absolute atomic E-state index is 9.15. The molecule has 3 N–H and O–H groups in total. The van der Waals surface area contributed by atoms with Crippen molar-refractivity contribution in [2.45, 2.75) is 13.3 Å². The van der Waals surface area contributed by atoms with Crippen LogP contribution in [-0.2, 0) is 6.42 Å². The predicted molar refractivity (Wildman–Crippen MR) is 66.6 cm³/mol. The molecule has 0 aliphatic rings. The van der Waals surface area contributed by atoms with Crippen LogP contribution in [-0.4, -0.2) is 18.3 Å². The lowest BCUT2D eigenvalue weighted by molar-refractivity contribution is 0.187. The Bertz CT molecular complexity index is 299. The number of hydrogen-bond acceptors (Lipinski definition) is 2. The number of hydrogen-bond donors (Lipinski definition) is 2. The van der Waals surface area contributed by atoms with Crippen LogP contribution in [0.2, 0.25) is 0 Å². The molecule has 2 atom stereocenters. The van der Waals surface area contributed by atoms with Gasteiger partial charge in [-0.15, -0.1) is 0 Å². The number of nitrogens with two attached hydrogens (primary N) is 1. The summed E-state index contributed by atoms with van der Waals surface area (Å²) >= 11 is 3.52. The summed E-state index contributed by atoms with van der Waals surface area (Å²) in [6.45, 7) is 2.84. The lowest BCUT2D eigenvalue weighted by Crippen LogP contribution is -2.26. The first kappa shape index (κ1) is 12.7. The molecule has 0 bridgehead atoms. The molecule has 0 aliphatic heterocycles. The van der Waals surface area contributed by atoms with Crippen LogP contribution in [0.3, 0.4) is 0 Å². The summed E-state index contributed by atoms with van der Waals surface area (Å²) in [6.07, 6.45) is 0.948. The molecule has 1 aromatic carbocycles. The summed E-state index contributed by atoms with van der Waals surface area (Å²) < 4.78 is 1.13. The summed E-state index contributed by atoms with van der Waals surface area (Å²) in [4.78, 5) is 0. The van der Waals surface area contributed by atoms with Gasteiger partial charge in [-0.1, -0.05) is 41.1 Å². The largest absolute Gasteiger partial charge is 0.396 e. The van der Waals surface area contributed by atoms with Gasteiger partial charge in [0.25, 0.3) is 0 Å². The Labute approximate surface area is 99.6 Å². The molecule has 0 spiro atoms. The minimum absolute atomic E-state index is 0.169. The maximum atomic E-state index is 9.15. The Morgan fingerprint density at radius 1 is 1.40 bits per heavy atom. The van der Waals surface area contributed by atoms with E-state index < -0.39 is 0 Å².